The zero-order chi connectivity index (χ0) is 15.8. The summed E-state index contributed by atoms with van der Waals surface area (Å²) in [5, 5.41) is 2.61. The maximum Gasteiger partial charge on any atom is 0.342 e. The standard InChI is InChI=1S/C15H21NO5/c1-10-5-6-13(20-4)12(9-10)15(18)21-11(2)14(17)16-7-8-19-3/h5-6,9,11H,7-8H2,1-4H3,(H,16,17)/t11-/m1/s1. The molecular formula is C15H21NO5. The van der Waals surface area contributed by atoms with Crippen molar-refractivity contribution in [3.05, 3.63) is 29.3 Å². The molecule has 0 unspecified atom stereocenters. The molecule has 0 heterocycles. The Kier molecular flexibility index (Phi) is 6.68. The van der Waals surface area contributed by atoms with E-state index in [1.807, 2.05) is 13.0 Å². The Morgan fingerprint density at radius 2 is 2.00 bits per heavy atom. The normalized spacial score (nSPS) is 11.6. The summed E-state index contributed by atoms with van der Waals surface area (Å²) in [5.74, 6) is -0.547. The van der Waals surface area contributed by atoms with Crippen molar-refractivity contribution in [1.82, 2.24) is 5.32 Å². The maximum absolute atomic E-state index is 12.1. The number of hydrogen-bond donors (Lipinski definition) is 1. The summed E-state index contributed by atoms with van der Waals surface area (Å²) in [5.41, 5.74) is 1.20. The summed E-state index contributed by atoms with van der Waals surface area (Å²) in [7, 11) is 3.02. The van der Waals surface area contributed by atoms with Crippen LogP contribution >= 0.6 is 0 Å². The summed E-state index contributed by atoms with van der Waals surface area (Å²) in [4.78, 5) is 23.8. The molecule has 0 aromatic heterocycles. The first kappa shape index (κ1) is 17.0. The van der Waals surface area contributed by atoms with Gasteiger partial charge in [-0.25, -0.2) is 4.79 Å². The average Bonchev–Trinajstić information content (AvgIpc) is 2.47. The molecule has 1 atom stereocenters. The molecule has 1 N–H and O–H groups in total. The third-order valence-electron chi connectivity index (χ3n) is 2.83. The molecule has 0 aliphatic heterocycles. The highest BCUT2D eigenvalue weighted by atomic mass is 16.5. The van der Waals surface area contributed by atoms with Crippen LogP contribution in [0.5, 0.6) is 5.75 Å². The van der Waals surface area contributed by atoms with Gasteiger partial charge in [0, 0.05) is 13.7 Å². The van der Waals surface area contributed by atoms with E-state index >= 15 is 0 Å². The molecule has 0 saturated carbocycles. The quantitative estimate of drug-likeness (QED) is 0.606. The predicted octanol–water partition coefficient (Wildman–Crippen LogP) is 1.31. The fourth-order valence-electron chi connectivity index (χ4n) is 1.68. The molecule has 0 bridgehead atoms. The minimum Gasteiger partial charge on any atom is -0.496 e. The minimum atomic E-state index is -0.889. The second-order valence-electron chi connectivity index (χ2n) is 4.54. The van der Waals surface area contributed by atoms with E-state index in [4.69, 9.17) is 14.2 Å². The first-order valence-corrected chi connectivity index (χ1v) is 6.61. The van der Waals surface area contributed by atoms with E-state index in [-0.39, 0.29) is 5.91 Å². The summed E-state index contributed by atoms with van der Waals surface area (Å²) in [6, 6.07) is 5.18. The lowest BCUT2D eigenvalue weighted by Gasteiger charge is -2.15. The second-order valence-corrected chi connectivity index (χ2v) is 4.54. The van der Waals surface area contributed by atoms with Gasteiger partial charge in [0.1, 0.15) is 11.3 Å². The fourth-order valence-corrected chi connectivity index (χ4v) is 1.68. The van der Waals surface area contributed by atoms with Crippen LogP contribution in [0.2, 0.25) is 0 Å². The van der Waals surface area contributed by atoms with Crippen molar-refractivity contribution in [2.75, 3.05) is 27.4 Å². The van der Waals surface area contributed by atoms with Crippen LogP contribution in [0.4, 0.5) is 0 Å². The van der Waals surface area contributed by atoms with Gasteiger partial charge in [0.05, 0.1) is 13.7 Å². The molecule has 6 heteroatoms. The van der Waals surface area contributed by atoms with Crippen molar-refractivity contribution in [2.24, 2.45) is 0 Å². The highest BCUT2D eigenvalue weighted by Gasteiger charge is 2.21. The van der Waals surface area contributed by atoms with Crippen molar-refractivity contribution >= 4 is 11.9 Å². The number of esters is 1. The topological polar surface area (TPSA) is 73.9 Å². The van der Waals surface area contributed by atoms with Crippen LogP contribution in [0.1, 0.15) is 22.8 Å². The summed E-state index contributed by atoms with van der Waals surface area (Å²) < 4.78 is 15.1. The predicted molar refractivity (Wildman–Crippen MR) is 77.5 cm³/mol. The van der Waals surface area contributed by atoms with Gasteiger partial charge in [-0.1, -0.05) is 11.6 Å². The van der Waals surface area contributed by atoms with E-state index in [0.29, 0.717) is 24.5 Å². The van der Waals surface area contributed by atoms with Crippen molar-refractivity contribution < 1.29 is 23.8 Å². The number of hydrogen-bond acceptors (Lipinski definition) is 5. The minimum absolute atomic E-state index is 0.300. The molecule has 6 nitrogen and oxygen atoms in total. The van der Waals surface area contributed by atoms with Gasteiger partial charge in [-0.3, -0.25) is 4.79 Å². The summed E-state index contributed by atoms with van der Waals surface area (Å²) in [6.07, 6.45) is -0.889. The molecule has 0 saturated heterocycles. The fraction of sp³-hybridized carbons (Fsp3) is 0.467. The Labute approximate surface area is 124 Å². The third kappa shape index (κ3) is 5.07. The second kappa shape index (κ2) is 8.26. The average molecular weight is 295 g/mol. The van der Waals surface area contributed by atoms with Crippen LogP contribution in [0.3, 0.4) is 0 Å². The van der Waals surface area contributed by atoms with Crippen LogP contribution in [0, 0.1) is 6.92 Å². The molecule has 0 radical (unpaired) electrons. The molecule has 0 fully saturated rings. The largest absolute Gasteiger partial charge is 0.496 e. The number of ether oxygens (including phenoxy) is 3. The monoisotopic (exact) mass is 295 g/mol. The molecule has 0 spiro atoms. The van der Waals surface area contributed by atoms with Crippen LogP contribution in [0.15, 0.2) is 18.2 Å². The Hall–Kier alpha value is -2.08. The number of carbonyl (C=O) groups excluding carboxylic acids is 2. The van der Waals surface area contributed by atoms with Gasteiger partial charge >= 0.3 is 5.97 Å². The van der Waals surface area contributed by atoms with Gasteiger partial charge < -0.3 is 19.5 Å². The number of aryl methyl sites for hydroxylation is 1. The van der Waals surface area contributed by atoms with E-state index in [1.165, 1.54) is 14.0 Å². The number of amides is 1. The molecule has 116 valence electrons. The third-order valence-corrected chi connectivity index (χ3v) is 2.83. The van der Waals surface area contributed by atoms with Crippen molar-refractivity contribution in [3.63, 3.8) is 0 Å². The molecule has 0 aliphatic carbocycles. The molecule has 1 amide bonds. The smallest absolute Gasteiger partial charge is 0.342 e. The summed E-state index contributed by atoms with van der Waals surface area (Å²) in [6.45, 7) is 4.14. The Morgan fingerprint density at radius 3 is 2.62 bits per heavy atom. The molecule has 1 aromatic rings. The van der Waals surface area contributed by atoms with E-state index in [2.05, 4.69) is 5.32 Å². The zero-order valence-electron chi connectivity index (χ0n) is 12.8. The van der Waals surface area contributed by atoms with E-state index in [9.17, 15) is 9.59 Å². The molecular weight excluding hydrogens is 274 g/mol. The molecule has 1 aromatic carbocycles. The van der Waals surface area contributed by atoms with E-state index in [1.54, 1.807) is 19.2 Å². The van der Waals surface area contributed by atoms with Gasteiger partial charge in [-0.2, -0.15) is 0 Å². The number of carbonyl (C=O) groups is 2. The highest BCUT2D eigenvalue weighted by molar-refractivity contribution is 5.94. The van der Waals surface area contributed by atoms with Crippen LogP contribution in [0.25, 0.3) is 0 Å². The first-order chi connectivity index (χ1) is 9.99. The number of nitrogens with one attached hydrogen (secondary N) is 1. The number of benzene rings is 1. The Morgan fingerprint density at radius 1 is 1.29 bits per heavy atom. The zero-order valence-corrected chi connectivity index (χ0v) is 12.8. The number of methoxy groups -OCH3 is 2. The van der Waals surface area contributed by atoms with E-state index in [0.717, 1.165) is 5.56 Å². The SMILES string of the molecule is COCCNC(=O)[C@@H](C)OC(=O)c1cc(C)ccc1OC. The van der Waals surface area contributed by atoms with Gasteiger partial charge in [0.25, 0.3) is 5.91 Å². The van der Waals surface area contributed by atoms with Gasteiger partial charge in [-0.05, 0) is 26.0 Å². The highest BCUT2D eigenvalue weighted by Crippen LogP contribution is 2.21. The van der Waals surface area contributed by atoms with Crippen molar-refractivity contribution in [3.8, 4) is 5.75 Å². The first-order valence-electron chi connectivity index (χ1n) is 6.61. The maximum atomic E-state index is 12.1. The van der Waals surface area contributed by atoms with Crippen LogP contribution in [-0.2, 0) is 14.3 Å². The van der Waals surface area contributed by atoms with Crippen LogP contribution < -0.4 is 10.1 Å². The van der Waals surface area contributed by atoms with E-state index < -0.39 is 12.1 Å². The van der Waals surface area contributed by atoms with Gasteiger partial charge in [-0.15, -0.1) is 0 Å². The molecule has 0 aliphatic rings. The Bertz CT molecular complexity index is 501. The lowest BCUT2D eigenvalue weighted by Crippen LogP contribution is -2.37. The summed E-state index contributed by atoms with van der Waals surface area (Å²) >= 11 is 0. The lowest BCUT2D eigenvalue weighted by molar-refractivity contribution is -0.129. The number of rotatable bonds is 7. The molecule has 21 heavy (non-hydrogen) atoms. The van der Waals surface area contributed by atoms with Gasteiger partial charge in [0.15, 0.2) is 6.10 Å². The molecule has 1 rings (SSSR count). The van der Waals surface area contributed by atoms with Crippen molar-refractivity contribution in [1.29, 1.82) is 0 Å². The van der Waals surface area contributed by atoms with Gasteiger partial charge in [0.2, 0.25) is 0 Å². The van der Waals surface area contributed by atoms with Crippen LogP contribution in [-0.4, -0.2) is 45.4 Å². The Balaban J connectivity index is 2.68. The lowest BCUT2D eigenvalue weighted by atomic mass is 10.1. The van der Waals surface area contributed by atoms with Crippen molar-refractivity contribution in [2.45, 2.75) is 20.0 Å².